The molecule has 4 nitrogen and oxygen atoms in total. The molecule has 1 aromatic carbocycles. The van der Waals surface area contributed by atoms with Gasteiger partial charge in [-0.3, -0.25) is 4.79 Å². The number of carbonyl (C=O) groups excluding carboxylic acids is 1. The maximum absolute atomic E-state index is 12.3. The van der Waals surface area contributed by atoms with Crippen molar-refractivity contribution in [3.63, 3.8) is 0 Å². The lowest BCUT2D eigenvalue weighted by atomic mass is 10.0. The first-order valence-corrected chi connectivity index (χ1v) is 8.17. The summed E-state index contributed by atoms with van der Waals surface area (Å²) in [5.74, 6) is 1.24. The Hall–Kier alpha value is -1.26. The number of aryl methyl sites for hydroxylation is 2. The topological polar surface area (TPSA) is 55.6 Å². The summed E-state index contributed by atoms with van der Waals surface area (Å²) in [7, 11) is 0. The van der Waals surface area contributed by atoms with E-state index in [0.29, 0.717) is 0 Å². The molecule has 1 fully saturated rings. The van der Waals surface area contributed by atoms with Gasteiger partial charge in [0.2, 0.25) is 5.91 Å². The van der Waals surface area contributed by atoms with E-state index in [1.807, 2.05) is 24.8 Å². The third-order valence-electron chi connectivity index (χ3n) is 4.45. The second-order valence-electron chi connectivity index (χ2n) is 6.63. The molecule has 23 heavy (non-hydrogen) atoms. The Morgan fingerprint density at radius 2 is 1.74 bits per heavy atom. The zero-order valence-electron chi connectivity index (χ0n) is 14.5. The van der Waals surface area contributed by atoms with E-state index in [1.54, 1.807) is 0 Å². The SMILES string of the molecule is Cc1cccc(C)c1OC1CCN(C(=O)C(N)C(C)C)CC1.Cl. The molecule has 1 aliphatic rings. The van der Waals surface area contributed by atoms with Crippen molar-refractivity contribution in [2.75, 3.05) is 13.1 Å². The number of rotatable bonds is 4. The van der Waals surface area contributed by atoms with Crippen LogP contribution in [0.15, 0.2) is 18.2 Å². The van der Waals surface area contributed by atoms with Crippen molar-refractivity contribution in [3.05, 3.63) is 29.3 Å². The van der Waals surface area contributed by atoms with E-state index in [-0.39, 0.29) is 30.3 Å². The Morgan fingerprint density at radius 1 is 1.22 bits per heavy atom. The van der Waals surface area contributed by atoms with Crippen LogP contribution in [0.2, 0.25) is 0 Å². The van der Waals surface area contributed by atoms with Crippen LogP contribution in [0.25, 0.3) is 0 Å². The second-order valence-corrected chi connectivity index (χ2v) is 6.63. The van der Waals surface area contributed by atoms with Gasteiger partial charge in [0.1, 0.15) is 11.9 Å². The van der Waals surface area contributed by atoms with Crippen LogP contribution in [0, 0.1) is 19.8 Å². The Labute approximate surface area is 145 Å². The van der Waals surface area contributed by atoms with E-state index in [9.17, 15) is 4.79 Å². The lowest BCUT2D eigenvalue weighted by molar-refractivity contribution is -0.135. The molecule has 130 valence electrons. The molecular formula is C18H29ClN2O2. The molecule has 1 heterocycles. The molecule has 5 heteroatoms. The molecule has 1 atom stereocenters. The van der Waals surface area contributed by atoms with Crippen molar-refractivity contribution in [2.24, 2.45) is 11.7 Å². The predicted molar refractivity (Wildman–Crippen MR) is 96.2 cm³/mol. The predicted octanol–water partition coefficient (Wildman–Crippen LogP) is 3.08. The molecule has 0 saturated carbocycles. The van der Waals surface area contributed by atoms with E-state index in [4.69, 9.17) is 10.5 Å². The normalized spacial score (nSPS) is 16.9. The highest BCUT2D eigenvalue weighted by Crippen LogP contribution is 2.26. The Bertz CT molecular complexity index is 506. The molecule has 1 amide bonds. The second kappa shape index (κ2) is 8.55. The van der Waals surface area contributed by atoms with Crippen LogP contribution in [-0.4, -0.2) is 36.0 Å². The van der Waals surface area contributed by atoms with Gasteiger partial charge < -0.3 is 15.4 Å². The zero-order valence-corrected chi connectivity index (χ0v) is 15.4. The number of hydrogen-bond donors (Lipinski definition) is 1. The van der Waals surface area contributed by atoms with E-state index >= 15 is 0 Å². The highest BCUT2D eigenvalue weighted by molar-refractivity contribution is 5.85. The van der Waals surface area contributed by atoms with Gasteiger partial charge in [0.15, 0.2) is 0 Å². The van der Waals surface area contributed by atoms with Crippen LogP contribution >= 0.6 is 12.4 Å². The summed E-state index contributed by atoms with van der Waals surface area (Å²) in [4.78, 5) is 14.2. The first kappa shape index (κ1) is 19.8. The molecule has 1 saturated heterocycles. The number of nitrogens with two attached hydrogens (primary N) is 1. The number of piperidine rings is 1. The van der Waals surface area contributed by atoms with Crippen molar-refractivity contribution >= 4 is 18.3 Å². The molecule has 0 radical (unpaired) electrons. The highest BCUT2D eigenvalue weighted by Gasteiger charge is 2.28. The molecular weight excluding hydrogens is 312 g/mol. The monoisotopic (exact) mass is 340 g/mol. The third kappa shape index (κ3) is 4.85. The fraction of sp³-hybridized carbons (Fsp3) is 0.611. The number of ether oxygens (including phenoxy) is 1. The van der Waals surface area contributed by atoms with E-state index in [1.165, 1.54) is 11.1 Å². The van der Waals surface area contributed by atoms with Gasteiger partial charge in [-0.05, 0) is 30.9 Å². The molecule has 0 bridgehead atoms. The Morgan fingerprint density at radius 3 is 2.22 bits per heavy atom. The summed E-state index contributed by atoms with van der Waals surface area (Å²) in [6.07, 6.45) is 1.91. The van der Waals surface area contributed by atoms with E-state index in [2.05, 4.69) is 26.0 Å². The van der Waals surface area contributed by atoms with Gasteiger partial charge in [-0.1, -0.05) is 32.0 Å². The number of amides is 1. The molecule has 2 N–H and O–H groups in total. The van der Waals surface area contributed by atoms with Gasteiger partial charge in [-0.25, -0.2) is 0 Å². The van der Waals surface area contributed by atoms with Crippen molar-refractivity contribution in [1.29, 1.82) is 0 Å². The lowest BCUT2D eigenvalue weighted by Crippen LogP contribution is -2.50. The smallest absolute Gasteiger partial charge is 0.239 e. The summed E-state index contributed by atoms with van der Waals surface area (Å²) >= 11 is 0. The number of nitrogens with zero attached hydrogens (tertiary/aromatic N) is 1. The fourth-order valence-electron chi connectivity index (χ4n) is 2.84. The van der Waals surface area contributed by atoms with Crippen LogP contribution in [0.1, 0.15) is 37.8 Å². The minimum Gasteiger partial charge on any atom is -0.490 e. The van der Waals surface area contributed by atoms with Crippen molar-refractivity contribution in [1.82, 2.24) is 4.90 Å². The first-order valence-electron chi connectivity index (χ1n) is 8.17. The molecule has 1 aromatic rings. The first-order chi connectivity index (χ1) is 10.4. The Balaban J connectivity index is 0.00000264. The van der Waals surface area contributed by atoms with Gasteiger partial charge in [0, 0.05) is 25.9 Å². The fourth-order valence-corrected chi connectivity index (χ4v) is 2.84. The molecule has 1 aliphatic heterocycles. The third-order valence-corrected chi connectivity index (χ3v) is 4.45. The van der Waals surface area contributed by atoms with Crippen LogP contribution in [0.5, 0.6) is 5.75 Å². The minimum absolute atomic E-state index is 0. The number of para-hydroxylation sites is 1. The number of halogens is 1. The average molecular weight is 341 g/mol. The van der Waals surface area contributed by atoms with Crippen LogP contribution in [-0.2, 0) is 4.79 Å². The van der Waals surface area contributed by atoms with Gasteiger partial charge >= 0.3 is 0 Å². The molecule has 0 aromatic heterocycles. The summed E-state index contributed by atoms with van der Waals surface area (Å²) in [5.41, 5.74) is 8.30. The molecule has 1 unspecified atom stereocenters. The number of likely N-dealkylation sites (tertiary alicyclic amines) is 1. The largest absolute Gasteiger partial charge is 0.490 e. The minimum atomic E-state index is -0.393. The van der Waals surface area contributed by atoms with Crippen molar-refractivity contribution < 1.29 is 9.53 Å². The zero-order chi connectivity index (χ0) is 16.3. The van der Waals surface area contributed by atoms with Gasteiger partial charge in [-0.15, -0.1) is 12.4 Å². The number of carbonyl (C=O) groups is 1. The summed E-state index contributed by atoms with van der Waals surface area (Å²) in [6, 6.07) is 5.80. The molecule has 0 spiro atoms. The van der Waals surface area contributed by atoms with Crippen molar-refractivity contribution in [2.45, 2.75) is 52.7 Å². The summed E-state index contributed by atoms with van der Waals surface area (Å²) in [6.45, 7) is 9.58. The van der Waals surface area contributed by atoms with Crippen LogP contribution in [0.4, 0.5) is 0 Å². The van der Waals surface area contributed by atoms with E-state index < -0.39 is 6.04 Å². The van der Waals surface area contributed by atoms with Crippen LogP contribution in [0.3, 0.4) is 0 Å². The van der Waals surface area contributed by atoms with Gasteiger partial charge in [-0.2, -0.15) is 0 Å². The number of benzene rings is 1. The standard InChI is InChI=1S/C18H28N2O2.ClH/c1-12(2)16(19)18(21)20-10-8-15(9-11-20)22-17-13(3)6-5-7-14(17)4;/h5-7,12,15-16H,8-11,19H2,1-4H3;1H. The average Bonchev–Trinajstić information content (AvgIpc) is 2.50. The van der Waals surface area contributed by atoms with Gasteiger partial charge in [0.25, 0.3) is 0 Å². The van der Waals surface area contributed by atoms with Crippen LogP contribution < -0.4 is 10.5 Å². The quantitative estimate of drug-likeness (QED) is 0.916. The Kier molecular flexibility index (Phi) is 7.36. The maximum atomic E-state index is 12.3. The molecule has 0 aliphatic carbocycles. The van der Waals surface area contributed by atoms with Gasteiger partial charge in [0.05, 0.1) is 6.04 Å². The highest BCUT2D eigenvalue weighted by atomic mass is 35.5. The summed E-state index contributed by atoms with van der Waals surface area (Å²) in [5, 5.41) is 0. The maximum Gasteiger partial charge on any atom is 0.239 e. The number of hydrogen-bond acceptors (Lipinski definition) is 3. The molecule has 2 rings (SSSR count). The van der Waals surface area contributed by atoms with Crippen molar-refractivity contribution in [3.8, 4) is 5.75 Å². The summed E-state index contributed by atoms with van der Waals surface area (Å²) < 4.78 is 6.18. The van der Waals surface area contributed by atoms with E-state index in [0.717, 1.165) is 31.7 Å². The lowest BCUT2D eigenvalue weighted by Gasteiger charge is -2.34.